The highest BCUT2D eigenvalue weighted by molar-refractivity contribution is 5.67. The number of hydrogen-bond acceptors (Lipinski definition) is 1. The molecule has 0 spiro atoms. The molecule has 0 aliphatic rings. The topological polar surface area (TPSA) is 26.0 Å². The quantitative estimate of drug-likeness (QED) is 0.855. The largest absolute Gasteiger partial charge is 0.326 e. The van der Waals surface area contributed by atoms with Gasteiger partial charge in [0.25, 0.3) is 0 Å². The molecule has 0 radical (unpaired) electrons. The summed E-state index contributed by atoms with van der Waals surface area (Å²) < 4.78 is 13.2. The molecule has 0 amide bonds. The summed E-state index contributed by atoms with van der Waals surface area (Å²) in [5.41, 5.74) is 10.0. The van der Waals surface area contributed by atoms with Gasteiger partial charge in [0, 0.05) is 6.54 Å². The first-order chi connectivity index (χ1) is 8.91. The normalized spacial score (nSPS) is 11.6. The predicted molar refractivity (Wildman–Crippen MR) is 78.4 cm³/mol. The third-order valence-corrected chi connectivity index (χ3v) is 3.35. The molecular formula is C17H20FN. The lowest BCUT2D eigenvalue weighted by Crippen LogP contribution is -2.10. The van der Waals surface area contributed by atoms with Crippen molar-refractivity contribution in [3.63, 3.8) is 0 Å². The Bertz CT molecular complexity index is 565. The van der Waals surface area contributed by atoms with E-state index < -0.39 is 0 Å². The maximum absolute atomic E-state index is 13.2. The predicted octanol–water partition coefficient (Wildman–Crippen LogP) is 4.25. The zero-order valence-corrected chi connectivity index (χ0v) is 11.7. The van der Waals surface area contributed by atoms with Crippen molar-refractivity contribution in [1.29, 1.82) is 0 Å². The maximum Gasteiger partial charge on any atom is 0.123 e. The zero-order chi connectivity index (χ0) is 14.0. The van der Waals surface area contributed by atoms with Crippen molar-refractivity contribution in [2.45, 2.75) is 32.7 Å². The average molecular weight is 257 g/mol. The molecule has 100 valence electrons. The van der Waals surface area contributed by atoms with Crippen LogP contribution < -0.4 is 5.73 Å². The fourth-order valence-corrected chi connectivity index (χ4v) is 2.16. The first-order valence-corrected chi connectivity index (χ1v) is 6.51. The molecular weight excluding hydrogens is 237 g/mol. The van der Waals surface area contributed by atoms with Crippen molar-refractivity contribution in [3.8, 4) is 11.1 Å². The van der Waals surface area contributed by atoms with E-state index in [1.165, 1.54) is 17.7 Å². The molecule has 19 heavy (non-hydrogen) atoms. The van der Waals surface area contributed by atoms with Crippen molar-refractivity contribution in [2.75, 3.05) is 0 Å². The Morgan fingerprint density at radius 2 is 1.63 bits per heavy atom. The summed E-state index contributed by atoms with van der Waals surface area (Å²) in [6.45, 7) is 6.90. The Hall–Kier alpha value is -1.67. The molecule has 2 heteroatoms. The molecule has 2 rings (SSSR count). The molecule has 0 bridgehead atoms. The summed E-state index contributed by atoms with van der Waals surface area (Å²) in [6.07, 6.45) is 0. The minimum atomic E-state index is -0.240. The smallest absolute Gasteiger partial charge is 0.123 e. The molecule has 0 atom stereocenters. The minimum Gasteiger partial charge on any atom is -0.326 e. The van der Waals surface area contributed by atoms with Gasteiger partial charge >= 0.3 is 0 Å². The van der Waals surface area contributed by atoms with Crippen molar-refractivity contribution in [2.24, 2.45) is 5.73 Å². The van der Waals surface area contributed by atoms with Gasteiger partial charge in [-0.25, -0.2) is 4.39 Å². The minimum absolute atomic E-state index is 0.137. The second-order valence-corrected chi connectivity index (χ2v) is 5.83. The van der Waals surface area contributed by atoms with Crippen LogP contribution in [0, 0.1) is 5.82 Å². The van der Waals surface area contributed by atoms with Gasteiger partial charge in [-0.15, -0.1) is 0 Å². The van der Waals surface area contributed by atoms with Crippen LogP contribution in [-0.4, -0.2) is 0 Å². The molecule has 0 heterocycles. The molecule has 0 unspecified atom stereocenters. The molecule has 1 nitrogen and oxygen atoms in total. The highest BCUT2D eigenvalue weighted by Gasteiger charge is 2.13. The lowest BCUT2D eigenvalue weighted by Gasteiger charge is -2.19. The Morgan fingerprint density at radius 3 is 2.16 bits per heavy atom. The van der Waals surface area contributed by atoms with E-state index in [9.17, 15) is 4.39 Å². The monoisotopic (exact) mass is 257 g/mol. The second-order valence-electron chi connectivity index (χ2n) is 5.83. The first kappa shape index (κ1) is 13.8. The van der Waals surface area contributed by atoms with Gasteiger partial charge in [-0.3, -0.25) is 0 Å². The molecule has 0 fully saturated rings. The van der Waals surface area contributed by atoms with Crippen LogP contribution in [0.1, 0.15) is 31.9 Å². The van der Waals surface area contributed by atoms with Crippen molar-refractivity contribution in [1.82, 2.24) is 0 Å². The van der Waals surface area contributed by atoms with Gasteiger partial charge in [0.15, 0.2) is 0 Å². The Morgan fingerprint density at radius 1 is 1.00 bits per heavy atom. The summed E-state index contributed by atoms with van der Waals surface area (Å²) in [7, 11) is 0. The number of nitrogens with two attached hydrogens (primary N) is 1. The van der Waals surface area contributed by atoms with Gasteiger partial charge < -0.3 is 5.73 Å². The van der Waals surface area contributed by atoms with Crippen LogP contribution >= 0.6 is 0 Å². The highest BCUT2D eigenvalue weighted by atomic mass is 19.1. The summed E-state index contributed by atoms with van der Waals surface area (Å²) in [5, 5.41) is 0. The van der Waals surface area contributed by atoms with E-state index in [1.807, 2.05) is 0 Å². The molecule has 2 aromatic carbocycles. The van der Waals surface area contributed by atoms with Gasteiger partial charge in [-0.1, -0.05) is 51.1 Å². The van der Waals surface area contributed by atoms with Gasteiger partial charge in [-0.05, 0) is 39.8 Å². The maximum atomic E-state index is 13.2. The van der Waals surface area contributed by atoms with E-state index >= 15 is 0 Å². The molecule has 2 aromatic rings. The van der Waals surface area contributed by atoms with Crippen molar-refractivity contribution < 1.29 is 4.39 Å². The van der Waals surface area contributed by atoms with Crippen LogP contribution in [0.25, 0.3) is 11.1 Å². The summed E-state index contributed by atoms with van der Waals surface area (Å²) in [5.74, 6) is -0.240. The summed E-state index contributed by atoms with van der Waals surface area (Å²) in [6, 6.07) is 13.2. The molecule has 2 N–H and O–H groups in total. The van der Waals surface area contributed by atoms with E-state index in [-0.39, 0.29) is 11.2 Å². The number of benzene rings is 2. The Kier molecular flexibility index (Phi) is 3.72. The van der Waals surface area contributed by atoms with Gasteiger partial charge in [0.1, 0.15) is 5.82 Å². The molecule has 0 aliphatic heterocycles. The van der Waals surface area contributed by atoms with Gasteiger partial charge in [-0.2, -0.15) is 0 Å². The van der Waals surface area contributed by atoms with E-state index in [0.717, 1.165) is 16.7 Å². The fraction of sp³-hybridized carbons (Fsp3) is 0.294. The lowest BCUT2D eigenvalue weighted by atomic mass is 9.86. The van der Waals surface area contributed by atoms with E-state index in [4.69, 9.17) is 5.73 Å². The molecule has 0 saturated carbocycles. The van der Waals surface area contributed by atoms with Crippen LogP contribution in [0.4, 0.5) is 4.39 Å². The SMILES string of the molecule is CC(C)(C)c1ccc(-c2ccc(F)cc2CN)cc1. The fourth-order valence-electron chi connectivity index (χ4n) is 2.16. The van der Waals surface area contributed by atoms with E-state index in [2.05, 4.69) is 45.0 Å². The van der Waals surface area contributed by atoms with Crippen LogP contribution in [0.2, 0.25) is 0 Å². The first-order valence-electron chi connectivity index (χ1n) is 6.51. The van der Waals surface area contributed by atoms with Crippen LogP contribution in [0.15, 0.2) is 42.5 Å². The Labute approximate surface area is 114 Å². The number of hydrogen-bond donors (Lipinski definition) is 1. The lowest BCUT2D eigenvalue weighted by molar-refractivity contribution is 0.590. The zero-order valence-electron chi connectivity index (χ0n) is 11.7. The van der Waals surface area contributed by atoms with Crippen LogP contribution in [0.3, 0.4) is 0 Å². The van der Waals surface area contributed by atoms with E-state index in [1.54, 1.807) is 6.07 Å². The van der Waals surface area contributed by atoms with Gasteiger partial charge in [0.2, 0.25) is 0 Å². The molecule has 0 aromatic heterocycles. The number of rotatable bonds is 2. The summed E-state index contributed by atoms with van der Waals surface area (Å²) >= 11 is 0. The average Bonchev–Trinajstić information content (AvgIpc) is 2.37. The standard InChI is InChI=1S/C17H20FN/c1-17(2,3)14-6-4-12(5-7-14)16-9-8-15(18)10-13(16)11-19/h4-10H,11,19H2,1-3H3. The molecule has 0 saturated heterocycles. The van der Waals surface area contributed by atoms with Crippen molar-refractivity contribution >= 4 is 0 Å². The third-order valence-electron chi connectivity index (χ3n) is 3.35. The third kappa shape index (κ3) is 3.02. The second kappa shape index (κ2) is 5.14. The summed E-state index contributed by atoms with van der Waals surface area (Å²) in [4.78, 5) is 0. The highest BCUT2D eigenvalue weighted by Crippen LogP contribution is 2.28. The van der Waals surface area contributed by atoms with E-state index in [0.29, 0.717) is 6.54 Å². The van der Waals surface area contributed by atoms with Gasteiger partial charge in [0.05, 0.1) is 0 Å². The van der Waals surface area contributed by atoms with Crippen molar-refractivity contribution in [3.05, 3.63) is 59.4 Å². The molecule has 0 aliphatic carbocycles. The number of halogens is 1. The Balaban J connectivity index is 2.43. The van der Waals surface area contributed by atoms with Crippen LogP contribution in [0.5, 0.6) is 0 Å². The van der Waals surface area contributed by atoms with Crippen LogP contribution in [-0.2, 0) is 12.0 Å².